The second kappa shape index (κ2) is 7.88. The SMILES string of the molecule is COc1ccc2cc(CN(C)C(=O)CS[C@H]3CCS(=O)(=O)C3)ccc2c1. The lowest BCUT2D eigenvalue weighted by Gasteiger charge is -2.18. The molecule has 0 spiro atoms. The van der Waals surface area contributed by atoms with Crippen LogP contribution in [0.2, 0.25) is 0 Å². The van der Waals surface area contributed by atoms with E-state index in [0.29, 0.717) is 18.7 Å². The highest BCUT2D eigenvalue weighted by atomic mass is 32.2. The maximum atomic E-state index is 12.4. The van der Waals surface area contributed by atoms with Gasteiger partial charge >= 0.3 is 0 Å². The van der Waals surface area contributed by atoms with Gasteiger partial charge in [0.2, 0.25) is 5.91 Å². The summed E-state index contributed by atoms with van der Waals surface area (Å²) in [7, 11) is 0.539. The Morgan fingerprint density at radius 2 is 1.96 bits per heavy atom. The number of benzene rings is 2. The van der Waals surface area contributed by atoms with Crippen molar-refractivity contribution in [1.29, 1.82) is 0 Å². The lowest BCUT2D eigenvalue weighted by atomic mass is 10.1. The third kappa shape index (κ3) is 4.71. The van der Waals surface area contributed by atoms with Crippen LogP contribution in [0.3, 0.4) is 0 Å². The number of amides is 1. The molecule has 1 fully saturated rings. The van der Waals surface area contributed by atoms with Crippen LogP contribution in [0.1, 0.15) is 12.0 Å². The first-order valence-corrected chi connectivity index (χ1v) is 11.4. The second-order valence-electron chi connectivity index (χ2n) is 6.63. The predicted octanol–water partition coefficient (Wildman–Crippen LogP) is 2.73. The molecule has 1 aliphatic rings. The van der Waals surface area contributed by atoms with Gasteiger partial charge in [0, 0.05) is 18.8 Å². The minimum Gasteiger partial charge on any atom is -0.497 e. The van der Waals surface area contributed by atoms with E-state index in [9.17, 15) is 13.2 Å². The Labute approximate surface area is 158 Å². The molecule has 5 nitrogen and oxygen atoms in total. The predicted molar refractivity (Wildman–Crippen MR) is 106 cm³/mol. The normalized spacial score (nSPS) is 18.8. The molecule has 7 heteroatoms. The zero-order chi connectivity index (χ0) is 18.7. The number of carbonyl (C=O) groups excluding carboxylic acids is 1. The highest BCUT2D eigenvalue weighted by Crippen LogP contribution is 2.25. The van der Waals surface area contributed by atoms with Gasteiger partial charge in [0.15, 0.2) is 9.84 Å². The van der Waals surface area contributed by atoms with Crippen molar-refractivity contribution in [3.8, 4) is 5.75 Å². The van der Waals surface area contributed by atoms with Gasteiger partial charge in [0.1, 0.15) is 5.75 Å². The summed E-state index contributed by atoms with van der Waals surface area (Å²) in [4.78, 5) is 14.0. The van der Waals surface area contributed by atoms with Gasteiger partial charge in [0.25, 0.3) is 0 Å². The Hall–Kier alpha value is -1.73. The number of nitrogens with zero attached hydrogens (tertiary/aromatic N) is 1. The van der Waals surface area contributed by atoms with E-state index in [1.807, 2.05) is 30.3 Å². The number of fused-ring (bicyclic) bond motifs is 1. The number of hydrogen-bond acceptors (Lipinski definition) is 5. The number of rotatable bonds is 6. The molecule has 0 bridgehead atoms. The largest absolute Gasteiger partial charge is 0.497 e. The number of carbonyl (C=O) groups is 1. The Bertz CT molecular complexity index is 911. The number of ether oxygens (including phenoxy) is 1. The third-order valence-electron chi connectivity index (χ3n) is 4.59. The molecule has 26 heavy (non-hydrogen) atoms. The molecule has 0 saturated carbocycles. The molecule has 1 amide bonds. The Balaban J connectivity index is 1.57. The molecule has 1 heterocycles. The van der Waals surface area contributed by atoms with Crippen LogP contribution >= 0.6 is 11.8 Å². The molecule has 0 radical (unpaired) electrons. The van der Waals surface area contributed by atoms with Crippen LogP contribution in [0.5, 0.6) is 5.75 Å². The first-order chi connectivity index (χ1) is 12.4. The Kier molecular flexibility index (Phi) is 5.77. The summed E-state index contributed by atoms with van der Waals surface area (Å²) in [6.07, 6.45) is 0.651. The molecule has 1 saturated heterocycles. The summed E-state index contributed by atoms with van der Waals surface area (Å²) < 4.78 is 28.2. The summed E-state index contributed by atoms with van der Waals surface area (Å²) in [6, 6.07) is 12.0. The molecule has 140 valence electrons. The van der Waals surface area contributed by atoms with Gasteiger partial charge in [0.05, 0.1) is 24.4 Å². The Morgan fingerprint density at radius 1 is 1.23 bits per heavy atom. The zero-order valence-corrected chi connectivity index (χ0v) is 16.6. The van der Waals surface area contributed by atoms with Crippen molar-refractivity contribution in [3.63, 3.8) is 0 Å². The molecule has 0 aromatic heterocycles. The number of hydrogen-bond donors (Lipinski definition) is 0. The second-order valence-corrected chi connectivity index (χ2v) is 10.2. The molecule has 3 rings (SSSR count). The number of thioether (sulfide) groups is 1. The Morgan fingerprint density at radius 3 is 2.65 bits per heavy atom. The summed E-state index contributed by atoms with van der Waals surface area (Å²) in [6.45, 7) is 0.532. The van der Waals surface area contributed by atoms with Gasteiger partial charge in [-0.3, -0.25) is 4.79 Å². The molecule has 0 aliphatic carbocycles. The summed E-state index contributed by atoms with van der Waals surface area (Å²) >= 11 is 1.46. The van der Waals surface area contributed by atoms with Gasteiger partial charge < -0.3 is 9.64 Å². The lowest BCUT2D eigenvalue weighted by molar-refractivity contribution is -0.127. The van der Waals surface area contributed by atoms with Gasteiger partial charge in [-0.2, -0.15) is 0 Å². The minimum atomic E-state index is -2.89. The molecule has 0 N–H and O–H groups in total. The van der Waals surface area contributed by atoms with Crippen molar-refractivity contribution in [3.05, 3.63) is 42.0 Å². The smallest absolute Gasteiger partial charge is 0.232 e. The summed E-state index contributed by atoms with van der Waals surface area (Å²) in [5.74, 6) is 1.61. The van der Waals surface area contributed by atoms with Gasteiger partial charge in [-0.15, -0.1) is 11.8 Å². The van der Waals surface area contributed by atoms with E-state index in [4.69, 9.17) is 4.74 Å². The van der Waals surface area contributed by atoms with Crippen molar-refractivity contribution in [1.82, 2.24) is 4.90 Å². The van der Waals surface area contributed by atoms with E-state index < -0.39 is 9.84 Å². The fraction of sp³-hybridized carbons (Fsp3) is 0.421. The summed E-state index contributed by atoms with van der Waals surface area (Å²) in [5.41, 5.74) is 1.06. The highest BCUT2D eigenvalue weighted by Gasteiger charge is 2.28. The van der Waals surface area contributed by atoms with Crippen molar-refractivity contribution >= 4 is 38.3 Å². The first-order valence-electron chi connectivity index (χ1n) is 8.49. The van der Waals surface area contributed by atoms with E-state index in [-0.39, 0.29) is 22.7 Å². The van der Waals surface area contributed by atoms with Gasteiger partial charge in [-0.25, -0.2) is 8.42 Å². The fourth-order valence-electron chi connectivity index (χ4n) is 3.05. The van der Waals surface area contributed by atoms with Crippen molar-refractivity contribution < 1.29 is 17.9 Å². The van der Waals surface area contributed by atoms with Crippen LogP contribution in [-0.4, -0.2) is 55.9 Å². The third-order valence-corrected chi connectivity index (χ3v) is 7.86. The maximum Gasteiger partial charge on any atom is 0.232 e. The number of methoxy groups -OCH3 is 1. The van der Waals surface area contributed by atoms with E-state index >= 15 is 0 Å². The van der Waals surface area contributed by atoms with Gasteiger partial charge in [-0.05, 0) is 41.0 Å². The highest BCUT2D eigenvalue weighted by molar-refractivity contribution is 8.02. The molecule has 0 unspecified atom stereocenters. The molecule has 1 atom stereocenters. The van der Waals surface area contributed by atoms with E-state index in [0.717, 1.165) is 22.1 Å². The molecule has 2 aromatic carbocycles. The standard InChI is InChI=1S/C19H23NO4S2/c1-20(19(21)12-25-18-7-8-26(22,23)13-18)11-14-3-4-16-10-17(24-2)6-5-15(16)9-14/h3-6,9-10,18H,7-8,11-13H2,1-2H3/t18-/m0/s1. The minimum absolute atomic E-state index is 0.0223. The lowest BCUT2D eigenvalue weighted by Crippen LogP contribution is -2.28. The fourth-order valence-corrected chi connectivity index (χ4v) is 6.64. The van der Waals surface area contributed by atoms with E-state index in [2.05, 4.69) is 6.07 Å². The van der Waals surface area contributed by atoms with Crippen LogP contribution in [-0.2, 0) is 21.2 Å². The average Bonchev–Trinajstić information content (AvgIpc) is 2.98. The maximum absolute atomic E-state index is 12.4. The quantitative estimate of drug-likeness (QED) is 0.755. The van der Waals surface area contributed by atoms with Crippen LogP contribution < -0.4 is 4.74 Å². The molecule has 2 aromatic rings. The van der Waals surface area contributed by atoms with Crippen LogP contribution in [0, 0.1) is 0 Å². The van der Waals surface area contributed by atoms with Crippen LogP contribution in [0.15, 0.2) is 36.4 Å². The topological polar surface area (TPSA) is 63.7 Å². The first kappa shape index (κ1) is 19.0. The zero-order valence-electron chi connectivity index (χ0n) is 15.0. The van der Waals surface area contributed by atoms with E-state index in [1.165, 1.54) is 11.8 Å². The van der Waals surface area contributed by atoms with Crippen LogP contribution in [0.4, 0.5) is 0 Å². The summed E-state index contributed by atoms with van der Waals surface area (Å²) in [5, 5.41) is 2.25. The molecule has 1 aliphatic heterocycles. The van der Waals surface area contributed by atoms with Gasteiger partial charge in [-0.1, -0.05) is 18.2 Å². The van der Waals surface area contributed by atoms with E-state index in [1.54, 1.807) is 19.1 Å². The van der Waals surface area contributed by atoms with Crippen molar-refractivity contribution in [2.24, 2.45) is 0 Å². The monoisotopic (exact) mass is 393 g/mol. The van der Waals surface area contributed by atoms with Crippen LogP contribution in [0.25, 0.3) is 10.8 Å². The number of sulfone groups is 1. The average molecular weight is 394 g/mol. The molecular weight excluding hydrogens is 370 g/mol. The van der Waals surface area contributed by atoms with Crippen molar-refractivity contribution in [2.45, 2.75) is 18.2 Å². The van der Waals surface area contributed by atoms with Crippen molar-refractivity contribution in [2.75, 3.05) is 31.4 Å². The molecular formula is C19H23NO4S2.